The second-order valence-electron chi connectivity index (χ2n) is 6.91. The zero-order chi connectivity index (χ0) is 12.4. The number of halogens is 1. The molecule has 0 aromatic heterocycles. The third kappa shape index (κ3) is 1.69. The maximum absolute atomic E-state index is 6.24. The van der Waals surface area contributed by atoms with Crippen LogP contribution in [0, 0.1) is 17.3 Å². The number of nitrogens with two attached hydrogens (primary N) is 1. The molecule has 0 aromatic rings. The first-order chi connectivity index (χ1) is 7.89. The van der Waals surface area contributed by atoms with Crippen molar-refractivity contribution in [2.45, 2.75) is 64.6 Å². The summed E-state index contributed by atoms with van der Waals surface area (Å²) in [5.74, 6) is 1.45. The molecule has 5 atom stereocenters. The van der Waals surface area contributed by atoms with Crippen LogP contribution in [0.1, 0.15) is 47.0 Å². The van der Waals surface area contributed by atoms with Gasteiger partial charge in [-0.1, -0.05) is 20.8 Å². The molecular formula is C13H25BClNO2. The van der Waals surface area contributed by atoms with Crippen LogP contribution in [0.25, 0.3) is 0 Å². The van der Waals surface area contributed by atoms with Crippen molar-refractivity contribution in [1.82, 2.24) is 0 Å². The molecule has 4 fully saturated rings. The molecule has 2 N–H and O–H groups in total. The van der Waals surface area contributed by atoms with E-state index in [1.54, 1.807) is 0 Å². The van der Waals surface area contributed by atoms with Gasteiger partial charge < -0.3 is 15.0 Å². The molecule has 0 amide bonds. The van der Waals surface area contributed by atoms with Gasteiger partial charge in [-0.25, -0.2) is 0 Å². The van der Waals surface area contributed by atoms with Crippen LogP contribution in [0.2, 0.25) is 0 Å². The lowest BCUT2D eigenvalue weighted by Crippen LogP contribution is -2.65. The van der Waals surface area contributed by atoms with Gasteiger partial charge in [0.2, 0.25) is 0 Å². The van der Waals surface area contributed by atoms with Crippen LogP contribution in [0.4, 0.5) is 0 Å². The fourth-order valence-electron chi connectivity index (χ4n) is 4.27. The van der Waals surface area contributed by atoms with E-state index in [9.17, 15) is 0 Å². The van der Waals surface area contributed by atoms with Crippen molar-refractivity contribution in [2.24, 2.45) is 23.0 Å². The Morgan fingerprint density at radius 2 is 2.00 bits per heavy atom. The molecule has 2 bridgehead atoms. The minimum absolute atomic E-state index is 0. The molecule has 3 nitrogen and oxygen atoms in total. The van der Waals surface area contributed by atoms with Crippen LogP contribution in [0.5, 0.6) is 0 Å². The zero-order valence-corrected chi connectivity index (χ0v) is 12.6. The monoisotopic (exact) mass is 273 g/mol. The quantitative estimate of drug-likeness (QED) is 0.786. The van der Waals surface area contributed by atoms with E-state index in [4.69, 9.17) is 15.0 Å². The Morgan fingerprint density at radius 1 is 1.33 bits per heavy atom. The highest BCUT2D eigenvalue weighted by atomic mass is 35.5. The van der Waals surface area contributed by atoms with Gasteiger partial charge in [0.05, 0.1) is 11.7 Å². The van der Waals surface area contributed by atoms with Gasteiger partial charge in [-0.05, 0) is 43.4 Å². The second kappa shape index (κ2) is 4.37. The molecule has 1 saturated heterocycles. The Balaban J connectivity index is 0.00000120. The Morgan fingerprint density at radius 3 is 2.56 bits per heavy atom. The summed E-state index contributed by atoms with van der Waals surface area (Å²) < 4.78 is 12.3. The van der Waals surface area contributed by atoms with E-state index in [2.05, 4.69) is 27.7 Å². The van der Waals surface area contributed by atoms with Gasteiger partial charge in [-0.3, -0.25) is 0 Å². The molecule has 1 heterocycles. The molecule has 3 aliphatic carbocycles. The summed E-state index contributed by atoms with van der Waals surface area (Å²) in [6.07, 6.45) is 3.62. The van der Waals surface area contributed by atoms with Crippen LogP contribution in [0.3, 0.4) is 0 Å². The van der Waals surface area contributed by atoms with Crippen LogP contribution in [0.15, 0.2) is 0 Å². The predicted octanol–water partition coefficient (Wildman–Crippen LogP) is 2.41. The van der Waals surface area contributed by atoms with Gasteiger partial charge in [-0.15, -0.1) is 12.4 Å². The lowest BCUT2D eigenvalue weighted by molar-refractivity contribution is -0.199. The molecule has 4 aliphatic rings. The van der Waals surface area contributed by atoms with E-state index in [0.717, 1.165) is 18.8 Å². The highest BCUT2D eigenvalue weighted by Gasteiger charge is 2.68. The van der Waals surface area contributed by atoms with Crippen molar-refractivity contribution in [3.05, 3.63) is 0 Å². The molecule has 0 radical (unpaired) electrons. The fourth-order valence-corrected chi connectivity index (χ4v) is 4.27. The first-order valence-electron chi connectivity index (χ1n) is 6.98. The van der Waals surface area contributed by atoms with Crippen molar-refractivity contribution in [1.29, 1.82) is 0 Å². The highest BCUT2D eigenvalue weighted by molar-refractivity contribution is 6.47. The average molecular weight is 274 g/mol. The van der Waals surface area contributed by atoms with E-state index in [1.807, 2.05) is 0 Å². The van der Waals surface area contributed by atoms with E-state index < -0.39 is 0 Å². The molecule has 0 spiro atoms. The summed E-state index contributed by atoms with van der Waals surface area (Å²) in [6.45, 7) is 9.08. The molecular weight excluding hydrogens is 248 g/mol. The van der Waals surface area contributed by atoms with E-state index in [1.165, 1.54) is 6.42 Å². The standard InChI is InChI=1S/C13H24BNO2.ClH/c1-5-11(15)14-16-10-7-8-6-9(12(8,2)3)13(10,4)17-14;/h8-11H,5-7,15H2,1-4H3;1H/t8?,9?,10?,11?,13-;/m0./s1. The van der Waals surface area contributed by atoms with Crippen molar-refractivity contribution >= 4 is 19.5 Å². The van der Waals surface area contributed by atoms with Crippen molar-refractivity contribution < 1.29 is 9.31 Å². The van der Waals surface area contributed by atoms with Crippen LogP contribution >= 0.6 is 12.4 Å². The molecule has 104 valence electrons. The van der Waals surface area contributed by atoms with Crippen molar-refractivity contribution in [3.8, 4) is 0 Å². The molecule has 5 heteroatoms. The van der Waals surface area contributed by atoms with Gasteiger partial charge in [0.1, 0.15) is 0 Å². The first-order valence-corrected chi connectivity index (χ1v) is 6.98. The van der Waals surface area contributed by atoms with E-state index >= 15 is 0 Å². The van der Waals surface area contributed by atoms with Gasteiger partial charge in [0.25, 0.3) is 0 Å². The maximum atomic E-state index is 6.24. The summed E-state index contributed by atoms with van der Waals surface area (Å²) in [7, 11) is -0.190. The third-order valence-electron chi connectivity index (χ3n) is 5.79. The maximum Gasteiger partial charge on any atom is 0.475 e. The van der Waals surface area contributed by atoms with Gasteiger partial charge >= 0.3 is 7.12 Å². The first kappa shape index (κ1) is 14.6. The molecule has 3 saturated carbocycles. The Labute approximate surface area is 117 Å². The highest BCUT2D eigenvalue weighted by Crippen LogP contribution is 2.65. The summed E-state index contributed by atoms with van der Waals surface area (Å²) in [5.41, 5.74) is 6.38. The lowest BCUT2D eigenvalue weighted by Gasteiger charge is -2.64. The summed E-state index contributed by atoms with van der Waals surface area (Å²) in [6, 6.07) is 0. The lowest BCUT2D eigenvalue weighted by atomic mass is 9.43. The molecule has 4 rings (SSSR count). The van der Waals surface area contributed by atoms with Gasteiger partial charge in [0, 0.05) is 5.94 Å². The van der Waals surface area contributed by atoms with Crippen molar-refractivity contribution in [2.75, 3.05) is 0 Å². The molecule has 4 unspecified atom stereocenters. The van der Waals surface area contributed by atoms with E-state index in [-0.39, 0.29) is 37.2 Å². The second-order valence-corrected chi connectivity index (χ2v) is 6.91. The minimum Gasteiger partial charge on any atom is -0.404 e. The van der Waals surface area contributed by atoms with Crippen LogP contribution < -0.4 is 5.73 Å². The summed E-state index contributed by atoms with van der Waals surface area (Å²) >= 11 is 0. The smallest absolute Gasteiger partial charge is 0.404 e. The number of hydrogen-bond acceptors (Lipinski definition) is 3. The van der Waals surface area contributed by atoms with Crippen molar-refractivity contribution in [3.63, 3.8) is 0 Å². The van der Waals surface area contributed by atoms with Gasteiger partial charge in [0.15, 0.2) is 0 Å². The normalized spacial score (nSPS) is 45.8. The summed E-state index contributed by atoms with van der Waals surface area (Å²) in [4.78, 5) is 0. The molecule has 18 heavy (non-hydrogen) atoms. The molecule has 0 aromatic carbocycles. The van der Waals surface area contributed by atoms with E-state index in [0.29, 0.717) is 11.3 Å². The minimum atomic E-state index is -0.190. The SMILES string of the molecule is CCC(N)B1OC2CC3CC(C3(C)C)[C@]2(C)O1.Cl. The number of rotatable bonds is 2. The predicted molar refractivity (Wildman–Crippen MR) is 75.6 cm³/mol. The topological polar surface area (TPSA) is 44.5 Å². The third-order valence-corrected chi connectivity index (χ3v) is 5.79. The summed E-state index contributed by atoms with van der Waals surface area (Å²) in [5, 5.41) is 0. The van der Waals surface area contributed by atoms with Gasteiger partial charge in [-0.2, -0.15) is 0 Å². The fraction of sp³-hybridized carbons (Fsp3) is 1.00. The Kier molecular flexibility index (Phi) is 3.56. The molecule has 1 aliphatic heterocycles. The number of hydrogen-bond donors (Lipinski definition) is 1. The average Bonchev–Trinajstić information content (AvgIpc) is 2.64. The largest absolute Gasteiger partial charge is 0.475 e. The Bertz CT molecular complexity index is 341. The van der Waals surface area contributed by atoms with Crippen LogP contribution in [-0.2, 0) is 9.31 Å². The Hall–Kier alpha value is 0.235. The van der Waals surface area contributed by atoms with Crippen LogP contribution in [-0.4, -0.2) is 24.8 Å². The zero-order valence-electron chi connectivity index (χ0n) is 11.8.